The van der Waals surface area contributed by atoms with Crippen LogP contribution in [0, 0.1) is 6.92 Å². The Hall–Kier alpha value is -1.32. The number of aryl methyl sites for hydroxylation is 1. The van der Waals surface area contributed by atoms with Crippen LogP contribution in [0.15, 0.2) is 46.9 Å². The van der Waals surface area contributed by atoms with E-state index in [1.165, 1.54) is 16.7 Å². The lowest BCUT2D eigenvalue weighted by Gasteiger charge is -2.21. The van der Waals surface area contributed by atoms with Gasteiger partial charge in [0.15, 0.2) is 0 Å². The zero-order valence-corrected chi connectivity index (χ0v) is 13.7. The number of benzene rings is 2. The first-order valence-corrected chi connectivity index (χ1v) is 7.59. The van der Waals surface area contributed by atoms with Gasteiger partial charge in [-0.05, 0) is 42.3 Å². The maximum atomic E-state index is 5.33. The number of ether oxygens (including phenoxy) is 1. The summed E-state index contributed by atoms with van der Waals surface area (Å²) in [6.07, 6.45) is 0. The topological polar surface area (TPSA) is 21.3 Å². The monoisotopic (exact) mass is 333 g/mol. The third kappa shape index (κ3) is 3.22. The lowest BCUT2D eigenvalue weighted by atomic mass is 9.97. The van der Waals surface area contributed by atoms with Gasteiger partial charge < -0.3 is 10.1 Å². The molecule has 0 fully saturated rings. The Kier molecular flexibility index (Phi) is 5.21. The van der Waals surface area contributed by atoms with Crippen LogP contribution < -0.4 is 10.1 Å². The molecule has 0 aromatic heterocycles. The maximum absolute atomic E-state index is 5.33. The highest BCUT2D eigenvalue weighted by atomic mass is 79.9. The molecule has 0 heterocycles. The van der Waals surface area contributed by atoms with E-state index in [0.717, 1.165) is 16.8 Å². The van der Waals surface area contributed by atoms with E-state index in [0.29, 0.717) is 0 Å². The first kappa shape index (κ1) is 15.1. The van der Waals surface area contributed by atoms with E-state index in [9.17, 15) is 0 Å². The zero-order chi connectivity index (χ0) is 14.5. The van der Waals surface area contributed by atoms with Gasteiger partial charge in [0.25, 0.3) is 0 Å². The Labute approximate surface area is 129 Å². The summed E-state index contributed by atoms with van der Waals surface area (Å²) in [5.74, 6) is 0.883. The highest BCUT2D eigenvalue weighted by Crippen LogP contribution is 2.32. The molecule has 0 spiro atoms. The van der Waals surface area contributed by atoms with Crippen LogP contribution in [0.25, 0.3) is 0 Å². The summed E-state index contributed by atoms with van der Waals surface area (Å²) in [5.41, 5.74) is 3.70. The van der Waals surface area contributed by atoms with E-state index in [1.807, 2.05) is 12.1 Å². The molecule has 0 bridgehead atoms. The van der Waals surface area contributed by atoms with Crippen LogP contribution in [0.2, 0.25) is 0 Å². The fourth-order valence-electron chi connectivity index (χ4n) is 2.33. The van der Waals surface area contributed by atoms with E-state index >= 15 is 0 Å². The molecule has 2 rings (SSSR count). The SMILES string of the molecule is CCNC(c1cccc(OC)c1)c1cccc(C)c1Br. The van der Waals surface area contributed by atoms with Crippen molar-refractivity contribution in [3.8, 4) is 5.75 Å². The molecule has 1 unspecified atom stereocenters. The van der Waals surface area contributed by atoms with Crippen molar-refractivity contribution in [3.05, 3.63) is 63.6 Å². The lowest BCUT2D eigenvalue weighted by Crippen LogP contribution is -2.22. The standard InChI is InChI=1S/C17H20BrNO/c1-4-19-17(13-8-6-9-14(11-13)20-3)15-10-5-7-12(2)16(15)18/h5-11,17,19H,4H2,1-3H3. The summed E-state index contributed by atoms with van der Waals surface area (Å²) in [7, 11) is 1.70. The molecule has 2 aromatic rings. The predicted octanol–water partition coefficient (Wildman–Crippen LogP) is 4.47. The van der Waals surface area contributed by atoms with E-state index in [4.69, 9.17) is 4.74 Å². The summed E-state index contributed by atoms with van der Waals surface area (Å²) >= 11 is 3.71. The third-order valence-corrected chi connectivity index (χ3v) is 4.45. The molecule has 1 N–H and O–H groups in total. The molecule has 2 aromatic carbocycles. The van der Waals surface area contributed by atoms with E-state index in [2.05, 4.69) is 65.4 Å². The van der Waals surface area contributed by atoms with Crippen molar-refractivity contribution in [1.82, 2.24) is 5.32 Å². The molecular weight excluding hydrogens is 314 g/mol. The average molecular weight is 334 g/mol. The molecule has 0 saturated heterocycles. The number of nitrogens with one attached hydrogen (secondary N) is 1. The van der Waals surface area contributed by atoms with Gasteiger partial charge in [0.05, 0.1) is 13.2 Å². The van der Waals surface area contributed by atoms with Gasteiger partial charge in [-0.15, -0.1) is 0 Å². The van der Waals surface area contributed by atoms with Crippen molar-refractivity contribution < 1.29 is 4.74 Å². The van der Waals surface area contributed by atoms with Gasteiger partial charge in [0, 0.05) is 4.47 Å². The van der Waals surface area contributed by atoms with Crippen LogP contribution in [-0.2, 0) is 0 Å². The van der Waals surface area contributed by atoms with Gasteiger partial charge >= 0.3 is 0 Å². The first-order chi connectivity index (χ1) is 9.67. The van der Waals surface area contributed by atoms with Crippen LogP contribution in [-0.4, -0.2) is 13.7 Å². The van der Waals surface area contributed by atoms with Crippen molar-refractivity contribution in [2.24, 2.45) is 0 Å². The van der Waals surface area contributed by atoms with E-state index in [1.54, 1.807) is 7.11 Å². The molecule has 0 aliphatic carbocycles. The van der Waals surface area contributed by atoms with Crippen LogP contribution in [0.4, 0.5) is 0 Å². The second-order valence-corrected chi connectivity index (χ2v) is 5.54. The number of hydrogen-bond acceptors (Lipinski definition) is 2. The van der Waals surface area contributed by atoms with Crippen LogP contribution in [0.3, 0.4) is 0 Å². The quantitative estimate of drug-likeness (QED) is 0.871. The second-order valence-electron chi connectivity index (χ2n) is 4.75. The van der Waals surface area contributed by atoms with Crippen LogP contribution >= 0.6 is 15.9 Å². The fourth-order valence-corrected chi connectivity index (χ4v) is 2.82. The molecule has 2 nitrogen and oxygen atoms in total. The van der Waals surface area contributed by atoms with Gasteiger partial charge in [-0.1, -0.05) is 53.2 Å². The van der Waals surface area contributed by atoms with Crippen molar-refractivity contribution >= 4 is 15.9 Å². The van der Waals surface area contributed by atoms with Crippen LogP contribution in [0.1, 0.15) is 29.7 Å². The number of halogens is 1. The Morgan fingerprint density at radius 2 is 1.95 bits per heavy atom. The average Bonchev–Trinajstić information content (AvgIpc) is 2.48. The molecule has 0 aliphatic heterocycles. The van der Waals surface area contributed by atoms with Crippen LogP contribution in [0.5, 0.6) is 5.75 Å². The molecule has 0 aliphatic rings. The Bertz CT molecular complexity index is 583. The minimum absolute atomic E-state index is 0.157. The third-order valence-electron chi connectivity index (χ3n) is 3.37. The molecule has 1 atom stereocenters. The highest BCUT2D eigenvalue weighted by molar-refractivity contribution is 9.10. The van der Waals surface area contributed by atoms with Crippen molar-refractivity contribution in [2.75, 3.05) is 13.7 Å². The lowest BCUT2D eigenvalue weighted by molar-refractivity contribution is 0.413. The molecule has 0 amide bonds. The molecule has 0 saturated carbocycles. The molecule has 3 heteroatoms. The van der Waals surface area contributed by atoms with Gasteiger partial charge in [-0.25, -0.2) is 0 Å². The Morgan fingerprint density at radius 3 is 2.65 bits per heavy atom. The minimum Gasteiger partial charge on any atom is -0.497 e. The smallest absolute Gasteiger partial charge is 0.119 e. The largest absolute Gasteiger partial charge is 0.497 e. The molecule has 106 valence electrons. The zero-order valence-electron chi connectivity index (χ0n) is 12.1. The minimum atomic E-state index is 0.157. The van der Waals surface area contributed by atoms with Gasteiger partial charge in [-0.2, -0.15) is 0 Å². The highest BCUT2D eigenvalue weighted by Gasteiger charge is 2.17. The normalized spacial score (nSPS) is 12.2. The van der Waals surface area contributed by atoms with E-state index < -0.39 is 0 Å². The maximum Gasteiger partial charge on any atom is 0.119 e. The summed E-state index contributed by atoms with van der Waals surface area (Å²) < 4.78 is 6.49. The van der Waals surface area contributed by atoms with Crippen molar-refractivity contribution in [3.63, 3.8) is 0 Å². The number of methoxy groups -OCH3 is 1. The summed E-state index contributed by atoms with van der Waals surface area (Å²) in [6, 6.07) is 14.7. The number of hydrogen-bond donors (Lipinski definition) is 1. The molecule has 20 heavy (non-hydrogen) atoms. The van der Waals surface area contributed by atoms with Crippen molar-refractivity contribution in [2.45, 2.75) is 19.9 Å². The Morgan fingerprint density at radius 1 is 1.20 bits per heavy atom. The number of rotatable bonds is 5. The van der Waals surface area contributed by atoms with Gasteiger partial charge in [-0.3, -0.25) is 0 Å². The second kappa shape index (κ2) is 6.91. The Balaban J connectivity index is 2.47. The first-order valence-electron chi connectivity index (χ1n) is 6.79. The van der Waals surface area contributed by atoms with E-state index in [-0.39, 0.29) is 6.04 Å². The molecule has 0 radical (unpaired) electrons. The summed E-state index contributed by atoms with van der Waals surface area (Å²) in [5, 5.41) is 3.55. The molecular formula is C17H20BrNO. The van der Waals surface area contributed by atoms with Gasteiger partial charge in [0.2, 0.25) is 0 Å². The predicted molar refractivity (Wildman–Crippen MR) is 87.4 cm³/mol. The van der Waals surface area contributed by atoms with Crippen molar-refractivity contribution in [1.29, 1.82) is 0 Å². The van der Waals surface area contributed by atoms with Gasteiger partial charge in [0.1, 0.15) is 5.75 Å². The fraction of sp³-hybridized carbons (Fsp3) is 0.294. The summed E-state index contributed by atoms with van der Waals surface area (Å²) in [6.45, 7) is 5.14. The summed E-state index contributed by atoms with van der Waals surface area (Å²) in [4.78, 5) is 0.